The lowest BCUT2D eigenvalue weighted by Gasteiger charge is -2.14. The van der Waals surface area contributed by atoms with Gasteiger partial charge in [0.15, 0.2) is 0 Å². The highest BCUT2D eigenvalue weighted by molar-refractivity contribution is 7.99. The van der Waals surface area contributed by atoms with Crippen molar-refractivity contribution in [3.63, 3.8) is 0 Å². The van der Waals surface area contributed by atoms with E-state index in [1.54, 1.807) is 11.8 Å². The number of thioether (sulfide) groups is 2. The third-order valence-corrected chi connectivity index (χ3v) is 3.71. The predicted molar refractivity (Wildman–Crippen MR) is 49.8 cm³/mol. The van der Waals surface area contributed by atoms with Crippen LogP contribution in [0.25, 0.3) is 0 Å². The minimum Gasteiger partial charge on any atom is -0.392 e. The van der Waals surface area contributed by atoms with Gasteiger partial charge in [-0.3, -0.25) is 0 Å². The summed E-state index contributed by atoms with van der Waals surface area (Å²) >= 11 is 3.70. The van der Waals surface area contributed by atoms with Crippen LogP contribution in [-0.2, 0) is 0 Å². The molecule has 2 unspecified atom stereocenters. The summed E-state index contributed by atoms with van der Waals surface area (Å²) in [6.07, 6.45) is 3.21. The highest BCUT2D eigenvalue weighted by Crippen LogP contribution is 2.27. The first-order valence-corrected chi connectivity index (χ1v) is 6.14. The topological polar surface area (TPSA) is 20.2 Å². The van der Waals surface area contributed by atoms with Gasteiger partial charge in [-0.1, -0.05) is 0 Å². The zero-order valence-corrected chi connectivity index (χ0v) is 7.88. The molecule has 0 amide bonds. The molecule has 0 aromatic heterocycles. The standard InChI is InChI=1S/C7H14OS2/c1-9-5-7(8)6-2-3-10-4-6/h6-8H,2-5H2,1H3. The second-order valence-electron chi connectivity index (χ2n) is 2.65. The molecule has 1 saturated heterocycles. The van der Waals surface area contributed by atoms with E-state index in [1.807, 2.05) is 18.0 Å². The van der Waals surface area contributed by atoms with Crippen molar-refractivity contribution in [2.75, 3.05) is 23.5 Å². The summed E-state index contributed by atoms with van der Waals surface area (Å²) < 4.78 is 0. The molecule has 60 valence electrons. The molecule has 0 aromatic carbocycles. The quantitative estimate of drug-likeness (QED) is 0.706. The first-order valence-electron chi connectivity index (χ1n) is 3.59. The molecule has 1 rings (SSSR count). The largest absolute Gasteiger partial charge is 0.392 e. The lowest BCUT2D eigenvalue weighted by atomic mass is 10.0. The van der Waals surface area contributed by atoms with E-state index in [-0.39, 0.29) is 6.10 Å². The lowest BCUT2D eigenvalue weighted by Crippen LogP contribution is -2.22. The average Bonchev–Trinajstić information content (AvgIpc) is 2.38. The molecule has 1 heterocycles. The van der Waals surface area contributed by atoms with Gasteiger partial charge in [0.25, 0.3) is 0 Å². The van der Waals surface area contributed by atoms with E-state index in [0.29, 0.717) is 5.92 Å². The van der Waals surface area contributed by atoms with Gasteiger partial charge in [-0.05, 0) is 30.1 Å². The molecule has 0 spiro atoms. The summed E-state index contributed by atoms with van der Waals surface area (Å²) in [5.41, 5.74) is 0. The van der Waals surface area contributed by atoms with Crippen molar-refractivity contribution in [1.82, 2.24) is 0 Å². The molecule has 1 fully saturated rings. The van der Waals surface area contributed by atoms with E-state index < -0.39 is 0 Å². The number of aliphatic hydroxyl groups is 1. The van der Waals surface area contributed by atoms with Gasteiger partial charge in [-0.2, -0.15) is 23.5 Å². The number of hydrogen-bond acceptors (Lipinski definition) is 3. The minimum absolute atomic E-state index is 0.0509. The normalized spacial score (nSPS) is 28.8. The predicted octanol–water partition coefficient (Wildman–Crippen LogP) is 1.46. The van der Waals surface area contributed by atoms with Crippen molar-refractivity contribution in [3.05, 3.63) is 0 Å². The Kier molecular flexibility index (Phi) is 3.96. The maximum absolute atomic E-state index is 9.51. The van der Waals surface area contributed by atoms with Gasteiger partial charge in [0.2, 0.25) is 0 Å². The molecule has 0 bridgehead atoms. The summed E-state index contributed by atoms with van der Waals surface area (Å²) in [5, 5.41) is 9.51. The molecule has 1 nitrogen and oxygen atoms in total. The van der Waals surface area contributed by atoms with Gasteiger partial charge in [0, 0.05) is 5.75 Å². The fraction of sp³-hybridized carbons (Fsp3) is 1.00. The molecule has 0 aliphatic carbocycles. The van der Waals surface area contributed by atoms with E-state index in [9.17, 15) is 5.11 Å². The second kappa shape index (κ2) is 4.52. The molecule has 1 aliphatic rings. The van der Waals surface area contributed by atoms with Gasteiger partial charge in [-0.15, -0.1) is 0 Å². The Labute approximate surface area is 71.0 Å². The van der Waals surface area contributed by atoms with Crippen LogP contribution < -0.4 is 0 Å². The number of aliphatic hydroxyl groups excluding tert-OH is 1. The zero-order chi connectivity index (χ0) is 7.40. The molecule has 3 heteroatoms. The molecule has 10 heavy (non-hydrogen) atoms. The van der Waals surface area contributed by atoms with E-state index >= 15 is 0 Å². The van der Waals surface area contributed by atoms with E-state index in [1.165, 1.54) is 17.9 Å². The van der Waals surface area contributed by atoms with Crippen molar-refractivity contribution in [2.24, 2.45) is 5.92 Å². The zero-order valence-electron chi connectivity index (χ0n) is 6.25. The van der Waals surface area contributed by atoms with Crippen LogP contribution in [0.4, 0.5) is 0 Å². The Balaban J connectivity index is 2.18. The van der Waals surface area contributed by atoms with Crippen LogP contribution in [0.2, 0.25) is 0 Å². The van der Waals surface area contributed by atoms with Crippen LogP contribution in [0, 0.1) is 5.92 Å². The maximum atomic E-state index is 9.51. The Morgan fingerprint density at radius 1 is 1.80 bits per heavy atom. The first kappa shape index (κ1) is 8.75. The van der Waals surface area contributed by atoms with Gasteiger partial charge in [0.1, 0.15) is 0 Å². The van der Waals surface area contributed by atoms with E-state index in [2.05, 4.69) is 0 Å². The molecule has 1 N–H and O–H groups in total. The van der Waals surface area contributed by atoms with Crippen LogP contribution in [-0.4, -0.2) is 34.7 Å². The van der Waals surface area contributed by atoms with Gasteiger partial charge in [0.05, 0.1) is 6.10 Å². The molecule has 1 aliphatic heterocycles. The molecule has 2 atom stereocenters. The van der Waals surface area contributed by atoms with Crippen LogP contribution >= 0.6 is 23.5 Å². The monoisotopic (exact) mass is 178 g/mol. The SMILES string of the molecule is CSCC(O)C1CCSC1. The van der Waals surface area contributed by atoms with E-state index in [0.717, 1.165) is 5.75 Å². The van der Waals surface area contributed by atoms with Crippen LogP contribution in [0.1, 0.15) is 6.42 Å². The Hall–Kier alpha value is 0.660. The van der Waals surface area contributed by atoms with Crippen molar-refractivity contribution in [2.45, 2.75) is 12.5 Å². The second-order valence-corrected chi connectivity index (χ2v) is 4.71. The third-order valence-electron chi connectivity index (χ3n) is 1.85. The Bertz CT molecular complexity index is 91.6. The van der Waals surface area contributed by atoms with Crippen molar-refractivity contribution < 1.29 is 5.11 Å². The first-order chi connectivity index (χ1) is 4.84. The summed E-state index contributed by atoms with van der Waals surface area (Å²) in [7, 11) is 0. The smallest absolute Gasteiger partial charge is 0.0666 e. The maximum Gasteiger partial charge on any atom is 0.0666 e. The number of rotatable bonds is 3. The highest BCUT2D eigenvalue weighted by Gasteiger charge is 2.22. The Morgan fingerprint density at radius 2 is 2.60 bits per heavy atom. The van der Waals surface area contributed by atoms with Gasteiger partial charge < -0.3 is 5.11 Å². The van der Waals surface area contributed by atoms with Gasteiger partial charge >= 0.3 is 0 Å². The minimum atomic E-state index is -0.0509. The van der Waals surface area contributed by atoms with Crippen molar-refractivity contribution in [1.29, 1.82) is 0 Å². The third kappa shape index (κ3) is 2.36. The summed E-state index contributed by atoms with van der Waals surface area (Å²) in [4.78, 5) is 0. The van der Waals surface area contributed by atoms with Crippen LogP contribution in [0.3, 0.4) is 0 Å². The molecular weight excluding hydrogens is 164 g/mol. The van der Waals surface area contributed by atoms with Crippen molar-refractivity contribution in [3.8, 4) is 0 Å². The lowest BCUT2D eigenvalue weighted by molar-refractivity contribution is 0.143. The fourth-order valence-electron chi connectivity index (χ4n) is 1.16. The molecule has 0 radical (unpaired) electrons. The molecule has 0 saturated carbocycles. The molecule has 0 aromatic rings. The van der Waals surface area contributed by atoms with Crippen LogP contribution in [0.5, 0.6) is 0 Å². The summed E-state index contributed by atoms with van der Waals surface area (Å²) in [5.74, 6) is 3.90. The molecular formula is C7H14OS2. The number of hydrogen-bond donors (Lipinski definition) is 1. The highest BCUT2D eigenvalue weighted by atomic mass is 32.2. The van der Waals surface area contributed by atoms with E-state index in [4.69, 9.17) is 0 Å². The summed E-state index contributed by atoms with van der Waals surface area (Å²) in [6.45, 7) is 0. The summed E-state index contributed by atoms with van der Waals surface area (Å²) in [6, 6.07) is 0. The van der Waals surface area contributed by atoms with Crippen molar-refractivity contribution >= 4 is 23.5 Å². The Morgan fingerprint density at radius 3 is 3.10 bits per heavy atom. The van der Waals surface area contributed by atoms with Crippen LogP contribution in [0.15, 0.2) is 0 Å². The fourth-order valence-corrected chi connectivity index (χ4v) is 3.10. The average molecular weight is 178 g/mol. The van der Waals surface area contributed by atoms with Gasteiger partial charge in [-0.25, -0.2) is 0 Å².